The number of pyridine rings is 1. The number of rotatable bonds is 6. The molecule has 0 spiro atoms. The molecule has 2 amide bonds. The zero-order chi connectivity index (χ0) is 25.7. The Labute approximate surface area is 206 Å². The minimum Gasteiger partial charge on any atom is -0.322 e. The highest BCUT2D eigenvalue weighted by molar-refractivity contribution is 6.08. The molecule has 4 rings (SSSR count). The number of aryl methyl sites for hydroxylation is 1. The van der Waals surface area contributed by atoms with E-state index in [1.54, 1.807) is 60.8 Å². The fourth-order valence-electron chi connectivity index (χ4n) is 3.65. The van der Waals surface area contributed by atoms with E-state index in [1.165, 1.54) is 12.1 Å². The molecule has 36 heavy (non-hydrogen) atoms. The lowest BCUT2D eigenvalue weighted by Crippen LogP contribution is -2.16. The quantitative estimate of drug-likeness (QED) is 0.324. The van der Waals surface area contributed by atoms with Crippen molar-refractivity contribution >= 4 is 23.3 Å². The summed E-state index contributed by atoms with van der Waals surface area (Å²) in [5, 5.41) is 5.58. The number of hydrogen-bond acceptors (Lipinski definition) is 3. The molecule has 0 bridgehead atoms. The summed E-state index contributed by atoms with van der Waals surface area (Å²) in [4.78, 5) is 29.5. The molecule has 0 aliphatic heterocycles. The largest absolute Gasteiger partial charge is 0.416 e. The van der Waals surface area contributed by atoms with E-state index in [4.69, 9.17) is 0 Å². The Morgan fingerprint density at radius 1 is 0.833 bits per heavy atom. The van der Waals surface area contributed by atoms with Crippen LogP contribution in [0.15, 0.2) is 91.1 Å². The Morgan fingerprint density at radius 3 is 2.19 bits per heavy atom. The van der Waals surface area contributed by atoms with Crippen LogP contribution in [0.5, 0.6) is 0 Å². The predicted octanol–water partition coefficient (Wildman–Crippen LogP) is 6.51. The zero-order valence-corrected chi connectivity index (χ0v) is 19.3. The lowest BCUT2D eigenvalue weighted by molar-refractivity contribution is -0.137. The molecule has 0 aliphatic carbocycles. The third-order valence-corrected chi connectivity index (χ3v) is 5.54. The van der Waals surface area contributed by atoms with Crippen molar-refractivity contribution in [1.82, 2.24) is 4.98 Å². The number of nitrogens with one attached hydrogen (secondary N) is 2. The van der Waals surface area contributed by atoms with Gasteiger partial charge in [0.25, 0.3) is 5.91 Å². The molecule has 2 N–H and O–H groups in total. The first kappa shape index (κ1) is 24.7. The van der Waals surface area contributed by atoms with Crippen LogP contribution < -0.4 is 10.6 Å². The second kappa shape index (κ2) is 10.4. The van der Waals surface area contributed by atoms with Gasteiger partial charge in [-0.25, -0.2) is 4.98 Å². The number of carbonyl (C=O) groups excluding carboxylic acids is 2. The summed E-state index contributed by atoms with van der Waals surface area (Å²) in [5.41, 5.74) is 2.72. The molecular weight excluding hydrogens is 467 g/mol. The molecule has 0 saturated heterocycles. The normalized spacial score (nSPS) is 11.1. The van der Waals surface area contributed by atoms with Gasteiger partial charge in [0, 0.05) is 17.4 Å². The lowest BCUT2D eigenvalue weighted by atomic mass is 9.98. The average Bonchev–Trinajstić information content (AvgIpc) is 2.86. The standard InChI is InChI=1S/C28H22F3N3O2/c1-18-5-4-16-32-26(18)34-25(35)17-19-8-14-22(15-9-19)33-27(36)24-7-3-2-6-23(24)20-10-12-21(13-11-20)28(29,30)31/h2-16H,17H2,1H3,(H,33,36)(H,32,34,35). The summed E-state index contributed by atoms with van der Waals surface area (Å²) in [6.07, 6.45) is -2.68. The molecule has 5 nitrogen and oxygen atoms in total. The third kappa shape index (κ3) is 5.96. The van der Waals surface area contributed by atoms with Gasteiger partial charge in [-0.15, -0.1) is 0 Å². The van der Waals surface area contributed by atoms with Crippen molar-refractivity contribution in [2.45, 2.75) is 19.5 Å². The average molecular weight is 489 g/mol. The van der Waals surface area contributed by atoms with Gasteiger partial charge in [-0.2, -0.15) is 13.2 Å². The SMILES string of the molecule is Cc1cccnc1NC(=O)Cc1ccc(NC(=O)c2ccccc2-c2ccc(C(F)(F)F)cc2)cc1. The number of amides is 2. The van der Waals surface area contributed by atoms with E-state index in [1.807, 2.05) is 13.0 Å². The number of carbonyl (C=O) groups is 2. The van der Waals surface area contributed by atoms with E-state index in [9.17, 15) is 22.8 Å². The van der Waals surface area contributed by atoms with Gasteiger partial charge in [0.15, 0.2) is 0 Å². The Bertz CT molecular complexity index is 1380. The van der Waals surface area contributed by atoms with Gasteiger partial charge in [-0.3, -0.25) is 9.59 Å². The van der Waals surface area contributed by atoms with Gasteiger partial charge in [0.05, 0.1) is 12.0 Å². The molecule has 4 aromatic rings. The van der Waals surface area contributed by atoms with E-state index >= 15 is 0 Å². The molecular formula is C28H22F3N3O2. The molecule has 0 saturated carbocycles. The van der Waals surface area contributed by atoms with Gasteiger partial charge < -0.3 is 10.6 Å². The van der Waals surface area contributed by atoms with Gasteiger partial charge in [0.1, 0.15) is 5.82 Å². The molecule has 0 fully saturated rings. The predicted molar refractivity (Wildman–Crippen MR) is 133 cm³/mol. The molecule has 8 heteroatoms. The summed E-state index contributed by atoms with van der Waals surface area (Å²) in [7, 11) is 0. The van der Waals surface area contributed by atoms with Crippen LogP contribution in [0.2, 0.25) is 0 Å². The van der Waals surface area contributed by atoms with Gasteiger partial charge in [-0.1, -0.05) is 48.5 Å². The van der Waals surface area contributed by atoms with Crippen LogP contribution in [0.3, 0.4) is 0 Å². The van der Waals surface area contributed by atoms with Crippen molar-refractivity contribution in [2.24, 2.45) is 0 Å². The van der Waals surface area contributed by atoms with Crippen LogP contribution in [-0.2, 0) is 17.4 Å². The van der Waals surface area contributed by atoms with Crippen LogP contribution in [0.1, 0.15) is 27.0 Å². The third-order valence-electron chi connectivity index (χ3n) is 5.54. The van der Waals surface area contributed by atoms with Crippen molar-refractivity contribution in [3.05, 3.63) is 113 Å². The summed E-state index contributed by atoms with van der Waals surface area (Å²) < 4.78 is 38.7. The van der Waals surface area contributed by atoms with Crippen LogP contribution in [0.4, 0.5) is 24.7 Å². The second-order valence-electron chi connectivity index (χ2n) is 8.17. The zero-order valence-electron chi connectivity index (χ0n) is 19.3. The number of aromatic nitrogens is 1. The Balaban J connectivity index is 1.43. The number of alkyl halides is 3. The summed E-state index contributed by atoms with van der Waals surface area (Å²) >= 11 is 0. The first-order chi connectivity index (χ1) is 17.2. The molecule has 1 heterocycles. The minimum atomic E-state index is -4.43. The number of hydrogen-bond donors (Lipinski definition) is 2. The fourth-order valence-corrected chi connectivity index (χ4v) is 3.65. The van der Waals surface area contributed by atoms with Gasteiger partial charge in [-0.05, 0) is 65.6 Å². The molecule has 3 aromatic carbocycles. The maximum atomic E-state index is 13.0. The summed E-state index contributed by atoms with van der Waals surface area (Å²) in [5.74, 6) is -0.0984. The number of benzene rings is 3. The monoisotopic (exact) mass is 489 g/mol. The molecule has 182 valence electrons. The van der Waals surface area contributed by atoms with Crippen LogP contribution in [-0.4, -0.2) is 16.8 Å². The smallest absolute Gasteiger partial charge is 0.322 e. The Hall–Kier alpha value is -4.46. The molecule has 1 aromatic heterocycles. The maximum Gasteiger partial charge on any atom is 0.416 e. The van der Waals surface area contributed by atoms with Gasteiger partial charge >= 0.3 is 6.18 Å². The Morgan fingerprint density at radius 2 is 1.53 bits per heavy atom. The molecule has 0 unspecified atom stereocenters. The van der Waals surface area contributed by atoms with Gasteiger partial charge in [0.2, 0.25) is 5.91 Å². The van der Waals surface area contributed by atoms with E-state index < -0.39 is 17.6 Å². The van der Waals surface area contributed by atoms with Crippen LogP contribution in [0.25, 0.3) is 11.1 Å². The highest BCUT2D eigenvalue weighted by atomic mass is 19.4. The first-order valence-electron chi connectivity index (χ1n) is 11.1. The highest BCUT2D eigenvalue weighted by Gasteiger charge is 2.30. The number of anilines is 2. The Kier molecular flexibility index (Phi) is 7.15. The number of halogens is 3. The number of nitrogens with zero attached hydrogens (tertiary/aromatic N) is 1. The van der Waals surface area contributed by atoms with Crippen molar-refractivity contribution in [3.63, 3.8) is 0 Å². The van der Waals surface area contributed by atoms with E-state index in [0.29, 0.717) is 28.2 Å². The maximum absolute atomic E-state index is 13.0. The van der Waals surface area contributed by atoms with Crippen molar-refractivity contribution in [3.8, 4) is 11.1 Å². The first-order valence-corrected chi connectivity index (χ1v) is 11.1. The van der Waals surface area contributed by atoms with E-state index in [-0.39, 0.29) is 12.3 Å². The van der Waals surface area contributed by atoms with Crippen LogP contribution in [0, 0.1) is 6.92 Å². The lowest BCUT2D eigenvalue weighted by Gasteiger charge is -2.12. The van der Waals surface area contributed by atoms with Crippen molar-refractivity contribution in [1.29, 1.82) is 0 Å². The van der Waals surface area contributed by atoms with Crippen molar-refractivity contribution < 1.29 is 22.8 Å². The van der Waals surface area contributed by atoms with E-state index in [0.717, 1.165) is 23.3 Å². The summed E-state index contributed by atoms with van der Waals surface area (Å²) in [6.45, 7) is 1.86. The highest BCUT2D eigenvalue weighted by Crippen LogP contribution is 2.32. The minimum absolute atomic E-state index is 0.140. The molecule has 0 atom stereocenters. The topological polar surface area (TPSA) is 71.1 Å². The molecule has 0 radical (unpaired) electrons. The second-order valence-corrected chi connectivity index (χ2v) is 8.17. The molecule has 0 aliphatic rings. The van der Waals surface area contributed by atoms with Crippen molar-refractivity contribution in [2.75, 3.05) is 10.6 Å². The van der Waals surface area contributed by atoms with E-state index in [2.05, 4.69) is 15.6 Å². The fraction of sp³-hybridized carbons (Fsp3) is 0.107. The summed E-state index contributed by atoms with van der Waals surface area (Å²) in [6, 6.07) is 21.9. The van der Waals surface area contributed by atoms with Crippen LogP contribution >= 0.6 is 0 Å².